The number of aromatic hydroxyl groups is 1. The van der Waals surface area contributed by atoms with Gasteiger partial charge in [0.15, 0.2) is 5.69 Å². The topological polar surface area (TPSA) is 81.1 Å². The van der Waals surface area contributed by atoms with E-state index in [0.717, 1.165) is 6.42 Å². The van der Waals surface area contributed by atoms with Crippen LogP contribution in [0.15, 0.2) is 18.2 Å². The molecule has 2 aromatic rings. The number of nitrogens with two attached hydrogens (primary N) is 1. The molecule has 1 aromatic heterocycles. The van der Waals surface area contributed by atoms with Crippen molar-refractivity contribution in [3.8, 4) is 5.75 Å². The predicted octanol–water partition coefficient (Wildman–Crippen LogP) is 1.81. The molecule has 17 heavy (non-hydrogen) atoms. The number of nitrogens with zero attached hydrogens (tertiary/aromatic N) is 2. The highest BCUT2D eigenvalue weighted by molar-refractivity contribution is 6.05. The number of primary amides is 1. The molecule has 0 spiro atoms. The van der Waals surface area contributed by atoms with Crippen LogP contribution in [0.25, 0.3) is 10.9 Å². The van der Waals surface area contributed by atoms with Gasteiger partial charge < -0.3 is 10.8 Å². The Labute approximate surface area is 98.8 Å². The van der Waals surface area contributed by atoms with E-state index in [-0.39, 0.29) is 17.5 Å². The fourth-order valence-corrected chi connectivity index (χ4v) is 1.85. The molecule has 3 N–H and O–H groups in total. The van der Waals surface area contributed by atoms with Gasteiger partial charge in [-0.3, -0.25) is 9.48 Å². The normalized spacial score (nSPS) is 12.8. The Kier molecular flexibility index (Phi) is 2.75. The van der Waals surface area contributed by atoms with Gasteiger partial charge in [-0.1, -0.05) is 19.1 Å². The second kappa shape index (κ2) is 4.08. The van der Waals surface area contributed by atoms with Gasteiger partial charge in [0, 0.05) is 11.4 Å². The third-order valence-electron chi connectivity index (χ3n) is 2.95. The Bertz CT molecular complexity index is 574. The monoisotopic (exact) mass is 233 g/mol. The lowest BCUT2D eigenvalue weighted by molar-refractivity contribution is 0.0996. The van der Waals surface area contributed by atoms with Crippen LogP contribution in [0.2, 0.25) is 0 Å². The van der Waals surface area contributed by atoms with Gasteiger partial charge in [-0.2, -0.15) is 5.10 Å². The summed E-state index contributed by atoms with van der Waals surface area (Å²) in [5.74, 6) is -0.467. The van der Waals surface area contributed by atoms with Gasteiger partial charge in [-0.05, 0) is 19.4 Å². The van der Waals surface area contributed by atoms with Crippen molar-refractivity contribution in [1.82, 2.24) is 9.78 Å². The maximum atomic E-state index is 11.3. The number of amides is 1. The number of carbonyl (C=O) groups is 1. The average Bonchev–Trinajstić information content (AvgIpc) is 2.69. The average molecular weight is 233 g/mol. The SMILES string of the molecule is CCC(C)n1nc(C(N)=O)c2cccc(O)c21. The fourth-order valence-electron chi connectivity index (χ4n) is 1.85. The van der Waals surface area contributed by atoms with Gasteiger partial charge in [0.1, 0.15) is 11.3 Å². The molecule has 1 amide bonds. The fraction of sp³-hybridized carbons (Fsp3) is 0.333. The summed E-state index contributed by atoms with van der Waals surface area (Å²) < 4.78 is 1.66. The van der Waals surface area contributed by atoms with Crippen molar-refractivity contribution >= 4 is 16.8 Å². The second-order valence-corrected chi connectivity index (χ2v) is 4.09. The zero-order valence-electron chi connectivity index (χ0n) is 9.84. The molecule has 0 aliphatic rings. The van der Waals surface area contributed by atoms with Crippen molar-refractivity contribution < 1.29 is 9.90 Å². The van der Waals surface area contributed by atoms with Crippen molar-refractivity contribution in [3.63, 3.8) is 0 Å². The van der Waals surface area contributed by atoms with Gasteiger partial charge in [0.05, 0.1) is 0 Å². The van der Waals surface area contributed by atoms with Crippen LogP contribution in [0.4, 0.5) is 0 Å². The van der Waals surface area contributed by atoms with E-state index < -0.39 is 5.91 Å². The first-order valence-electron chi connectivity index (χ1n) is 5.56. The number of benzene rings is 1. The number of hydrogen-bond acceptors (Lipinski definition) is 3. The first-order chi connectivity index (χ1) is 8.06. The molecule has 0 aliphatic heterocycles. The van der Waals surface area contributed by atoms with E-state index in [0.29, 0.717) is 10.9 Å². The van der Waals surface area contributed by atoms with Crippen LogP contribution < -0.4 is 5.73 Å². The highest BCUT2D eigenvalue weighted by Gasteiger charge is 2.19. The molecule has 0 aliphatic carbocycles. The lowest BCUT2D eigenvalue weighted by Gasteiger charge is -2.11. The molecule has 5 heteroatoms. The third-order valence-corrected chi connectivity index (χ3v) is 2.95. The largest absolute Gasteiger partial charge is 0.506 e. The molecule has 90 valence electrons. The van der Waals surface area contributed by atoms with E-state index >= 15 is 0 Å². The van der Waals surface area contributed by atoms with Crippen LogP contribution in [0.1, 0.15) is 36.8 Å². The summed E-state index contributed by atoms with van der Waals surface area (Å²) in [6, 6.07) is 5.08. The summed E-state index contributed by atoms with van der Waals surface area (Å²) in [4.78, 5) is 11.3. The molecular formula is C12H15N3O2. The maximum Gasteiger partial charge on any atom is 0.269 e. The Balaban J connectivity index is 2.80. The number of fused-ring (bicyclic) bond motifs is 1. The van der Waals surface area contributed by atoms with Gasteiger partial charge in [0.2, 0.25) is 0 Å². The number of hydrogen-bond donors (Lipinski definition) is 2. The van der Waals surface area contributed by atoms with E-state index in [4.69, 9.17) is 5.73 Å². The maximum absolute atomic E-state index is 11.3. The smallest absolute Gasteiger partial charge is 0.269 e. The Morgan fingerprint density at radius 3 is 2.88 bits per heavy atom. The van der Waals surface area contributed by atoms with Crippen molar-refractivity contribution in [2.75, 3.05) is 0 Å². The highest BCUT2D eigenvalue weighted by Crippen LogP contribution is 2.29. The first-order valence-corrected chi connectivity index (χ1v) is 5.56. The molecule has 1 aromatic carbocycles. The van der Waals surface area contributed by atoms with Crippen molar-refractivity contribution in [3.05, 3.63) is 23.9 Å². The van der Waals surface area contributed by atoms with Crippen LogP contribution in [0.5, 0.6) is 5.75 Å². The van der Waals surface area contributed by atoms with Crippen LogP contribution in [-0.2, 0) is 0 Å². The van der Waals surface area contributed by atoms with Gasteiger partial charge >= 0.3 is 0 Å². The summed E-state index contributed by atoms with van der Waals surface area (Å²) in [6.45, 7) is 3.99. The number of phenolic OH excluding ortho intramolecular Hbond substituents is 1. The molecule has 5 nitrogen and oxygen atoms in total. The van der Waals surface area contributed by atoms with Crippen LogP contribution in [-0.4, -0.2) is 20.8 Å². The number of rotatable bonds is 3. The minimum atomic E-state index is -0.581. The molecule has 0 radical (unpaired) electrons. The summed E-state index contributed by atoms with van der Waals surface area (Å²) in [6.07, 6.45) is 0.851. The Morgan fingerprint density at radius 1 is 1.59 bits per heavy atom. The zero-order chi connectivity index (χ0) is 12.6. The molecule has 0 fully saturated rings. The van der Waals surface area contributed by atoms with Crippen LogP contribution in [0.3, 0.4) is 0 Å². The summed E-state index contributed by atoms with van der Waals surface area (Å²) in [5.41, 5.74) is 6.06. The van der Waals surface area contributed by atoms with Gasteiger partial charge in [-0.25, -0.2) is 0 Å². The molecule has 0 saturated heterocycles. The minimum absolute atomic E-state index is 0.0962. The van der Waals surface area contributed by atoms with E-state index in [1.165, 1.54) is 0 Å². The molecule has 2 rings (SSSR count). The summed E-state index contributed by atoms with van der Waals surface area (Å²) in [5, 5.41) is 14.7. The highest BCUT2D eigenvalue weighted by atomic mass is 16.3. The van der Waals surface area contributed by atoms with Crippen molar-refractivity contribution in [2.45, 2.75) is 26.3 Å². The molecular weight excluding hydrogens is 218 g/mol. The van der Waals surface area contributed by atoms with E-state index in [1.807, 2.05) is 13.8 Å². The second-order valence-electron chi connectivity index (χ2n) is 4.09. The number of carbonyl (C=O) groups excluding carboxylic acids is 1. The lowest BCUT2D eigenvalue weighted by atomic mass is 10.2. The third kappa shape index (κ3) is 1.73. The minimum Gasteiger partial charge on any atom is -0.506 e. The Hall–Kier alpha value is -2.04. The summed E-state index contributed by atoms with van der Waals surface area (Å²) in [7, 11) is 0. The number of phenols is 1. The van der Waals surface area contributed by atoms with Crippen molar-refractivity contribution in [1.29, 1.82) is 0 Å². The van der Waals surface area contributed by atoms with Crippen LogP contribution >= 0.6 is 0 Å². The predicted molar refractivity (Wildman–Crippen MR) is 64.9 cm³/mol. The zero-order valence-corrected chi connectivity index (χ0v) is 9.84. The van der Waals surface area contributed by atoms with E-state index in [1.54, 1.807) is 22.9 Å². The quantitative estimate of drug-likeness (QED) is 0.848. The van der Waals surface area contributed by atoms with Crippen molar-refractivity contribution in [2.24, 2.45) is 5.73 Å². The first kappa shape index (κ1) is 11.4. The molecule has 0 saturated carbocycles. The molecule has 1 unspecified atom stereocenters. The van der Waals surface area contributed by atoms with Gasteiger partial charge in [-0.15, -0.1) is 0 Å². The molecule has 1 heterocycles. The van der Waals surface area contributed by atoms with Gasteiger partial charge in [0.25, 0.3) is 5.91 Å². The number of para-hydroxylation sites is 1. The molecule has 0 bridgehead atoms. The molecule has 1 atom stereocenters. The Morgan fingerprint density at radius 2 is 2.29 bits per heavy atom. The number of aromatic nitrogens is 2. The van der Waals surface area contributed by atoms with E-state index in [2.05, 4.69) is 5.10 Å². The summed E-state index contributed by atoms with van der Waals surface area (Å²) >= 11 is 0. The standard InChI is InChI=1S/C12H15N3O2/c1-3-7(2)15-11-8(5-4-6-9(11)16)10(14-15)12(13)17/h4-7,16H,3H2,1-2H3,(H2,13,17). The lowest BCUT2D eigenvalue weighted by Crippen LogP contribution is -2.13. The van der Waals surface area contributed by atoms with Crippen LogP contribution in [0, 0.1) is 0 Å². The van der Waals surface area contributed by atoms with E-state index in [9.17, 15) is 9.90 Å².